The quantitative estimate of drug-likeness (QED) is 0.717. The average molecular weight is 189 g/mol. The third-order valence-corrected chi connectivity index (χ3v) is 3.97. The molecule has 0 rings (SSSR count). The van der Waals surface area contributed by atoms with E-state index < -0.39 is 0 Å². The van der Waals surface area contributed by atoms with Gasteiger partial charge in [0, 0.05) is 18.2 Å². The molecule has 0 aliphatic carbocycles. The molecule has 0 heterocycles. The summed E-state index contributed by atoms with van der Waals surface area (Å²) in [6, 6.07) is 0. The van der Waals surface area contributed by atoms with Crippen molar-refractivity contribution in [2.45, 2.75) is 38.4 Å². The number of thioether (sulfide) groups is 1. The van der Waals surface area contributed by atoms with Crippen molar-refractivity contribution in [1.82, 2.24) is 5.32 Å². The third-order valence-electron chi connectivity index (χ3n) is 2.38. The van der Waals surface area contributed by atoms with Gasteiger partial charge in [-0.15, -0.1) is 0 Å². The van der Waals surface area contributed by atoms with Crippen LogP contribution in [-0.4, -0.2) is 23.5 Å². The van der Waals surface area contributed by atoms with Crippen LogP contribution >= 0.6 is 11.8 Å². The van der Waals surface area contributed by atoms with E-state index in [0.29, 0.717) is 0 Å². The van der Waals surface area contributed by atoms with E-state index >= 15 is 0 Å². The Kier molecular flexibility index (Phi) is 5.38. The highest BCUT2D eigenvalue weighted by atomic mass is 32.2. The molecular formula is C9H19NOS. The number of nitrogens with one attached hydrogen (secondary N) is 1. The van der Waals surface area contributed by atoms with E-state index in [1.165, 1.54) is 0 Å². The topological polar surface area (TPSA) is 29.1 Å². The van der Waals surface area contributed by atoms with E-state index in [0.717, 1.165) is 19.4 Å². The number of hydrogen-bond acceptors (Lipinski definition) is 2. The summed E-state index contributed by atoms with van der Waals surface area (Å²) < 4.78 is 0.242. The Hall–Kier alpha value is -0.180. The van der Waals surface area contributed by atoms with Crippen LogP contribution in [0.25, 0.3) is 0 Å². The lowest BCUT2D eigenvalue weighted by atomic mass is 10.0. The fourth-order valence-electron chi connectivity index (χ4n) is 1.15. The Bertz CT molecular complexity index is 135. The molecule has 0 aliphatic heterocycles. The highest BCUT2D eigenvalue weighted by Gasteiger charge is 2.24. The van der Waals surface area contributed by atoms with Gasteiger partial charge in [-0.25, -0.2) is 0 Å². The van der Waals surface area contributed by atoms with Crippen LogP contribution < -0.4 is 5.32 Å². The fraction of sp³-hybridized carbons (Fsp3) is 0.889. The van der Waals surface area contributed by atoms with Gasteiger partial charge in [-0.2, -0.15) is 11.8 Å². The van der Waals surface area contributed by atoms with E-state index in [4.69, 9.17) is 0 Å². The summed E-state index contributed by atoms with van der Waals surface area (Å²) in [5, 5.41) is 2.88. The Morgan fingerprint density at radius 1 is 1.42 bits per heavy atom. The van der Waals surface area contributed by atoms with Gasteiger partial charge in [-0.1, -0.05) is 13.8 Å². The average Bonchev–Trinajstić information content (AvgIpc) is 2.08. The van der Waals surface area contributed by atoms with Crippen molar-refractivity contribution in [2.75, 3.05) is 12.8 Å². The molecule has 0 bridgehead atoms. The summed E-state index contributed by atoms with van der Waals surface area (Å²) >= 11 is 1.84. The minimum absolute atomic E-state index is 0.0651. The molecule has 0 aromatic carbocycles. The van der Waals surface area contributed by atoms with Gasteiger partial charge in [0.15, 0.2) is 0 Å². The van der Waals surface area contributed by atoms with Gasteiger partial charge in [0.1, 0.15) is 0 Å². The van der Waals surface area contributed by atoms with Crippen LogP contribution in [-0.2, 0) is 4.79 Å². The molecule has 1 amide bonds. The van der Waals surface area contributed by atoms with Gasteiger partial charge < -0.3 is 5.32 Å². The summed E-state index contributed by atoms with van der Waals surface area (Å²) in [5.74, 6) is 0.0651. The maximum absolute atomic E-state index is 10.7. The highest BCUT2D eigenvalue weighted by molar-refractivity contribution is 8.00. The van der Waals surface area contributed by atoms with Crippen molar-refractivity contribution >= 4 is 17.7 Å². The fourth-order valence-corrected chi connectivity index (χ4v) is 1.94. The van der Waals surface area contributed by atoms with Crippen molar-refractivity contribution in [2.24, 2.45) is 0 Å². The first-order valence-corrected chi connectivity index (χ1v) is 5.62. The van der Waals surface area contributed by atoms with Gasteiger partial charge in [0.25, 0.3) is 0 Å². The number of carbonyl (C=O) groups is 1. The smallest absolute Gasteiger partial charge is 0.216 e. The van der Waals surface area contributed by atoms with E-state index in [1.54, 1.807) is 6.92 Å². The van der Waals surface area contributed by atoms with Crippen molar-refractivity contribution in [1.29, 1.82) is 0 Å². The highest BCUT2D eigenvalue weighted by Crippen LogP contribution is 2.29. The summed E-state index contributed by atoms with van der Waals surface area (Å²) in [4.78, 5) is 10.7. The van der Waals surface area contributed by atoms with Gasteiger partial charge in [-0.05, 0) is 19.1 Å². The molecule has 0 fully saturated rings. The van der Waals surface area contributed by atoms with Crippen molar-refractivity contribution in [3.05, 3.63) is 0 Å². The van der Waals surface area contributed by atoms with Crippen LogP contribution in [0.15, 0.2) is 0 Å². The Balaban J connectivity index is 4.01. The monoisotopic (exact) mass is 189 g/mol. The zero-order valence-corrected chi connectivity index (χ0v) is 9.25. The summed E-state index contributed by atoms with van der Waals surface area (Å²) in [5.41, 5.74) is 0. The van der Waals surface area contributed by atoms with Crippen molar-refractivity contribution in [3.8, 4) is 0 Å². The molecular weight excluding hydrogens is 170 g/mol. The van der Waals surface area contributed by atoms with E-state index in [2.05, 4.69) is 25.4 Å². The first-order chi connectivity index (χ1) is 5.60. The molecule has 3 heteroatoms. The first kappa shape index (κ1) is 11.8. The van der Waals surface area contributed by atoms with E-state index in [1.807, 2.05) is 11.8 Å². The Morgan fingerprint density at radius 3 is 2.17 bits per heavy atom. The lowest BCUT2D eigenvalue weighted by molar-refractivity contribution is -0.119. The Morgan fingerprint density at radius 2 is 1.92 bits per heavy atom. The maximum Gasteiger partial charge on any atom is 0.216 e. The van der Waals surface area contributed by atoms with Gasteiger partial charge >= 0.3 is 0 Å². The normalized spacial score (nSPS) is 11.3. The molecule has 0 saturated carbocycles. The standard InChI is InChI=1S/C9H19NOS/c1-5-9(6-2,12-4)7-10-8(3)11/h5-7H2,1-4H3,(H,10,11). The molecule has 72 valence electrons. The summed E-state index contributed by atoms with van der Waals surface area (Å²) in [7, 11) is 0. The molecule has 1 N–H and O–H groups in total. The molecule has 0 aliphatic rings. The maximum atomic E-state index is 10.7. The predicted octanol–water partition coefficient (Wildman–Crippen LogP) is 2.04. The zero-order chi connectivity index (χ0) is 9.61. The molecule has 2 nitrogen and oxygen atoms in total. The lowest BCUT2D eigenvalue weighted by Gasteiger charge is -2.29. The lowest BCUT2D eigenvalue weighted by Crippen LogP contribution is -2.38. The third kappa shape index (κ3) is 3.48. The van der Waals surface area contributed by atoms with Crippen molar-refractivity contribution < 1.29 is 4.79 Å². The van der Waals surface area contributed by atoms with Crippen LogP contribution in [0.1, 0.15) is 33.6 Å². The second-order valence-corrected chi connectivity index (χ2v) is 4.28. The molecule has 12 heavy (non-hydrogen) atoms. The minimum Gasteiger partial charge on any atom is -0.355 e. The number of rotatable bonds is 5. The van der Waals surface area contributed by atoms with Gasteiger partial charge in [0.05, 0.1) is 0 Å². The van der Waals surface area contributed by atoms with Gasteiger partial charge in [0.2, 0.25) is 5.91 Å². The van der Waals surface area contributed by atoms with Crippen LogP contribution in [0.3, 0.4) is 0 Å². The van der Waals surface area contributed by atoms with Crippen LogP contribution in [0.2, 0.25) is 0 Å². The zero-order valence-electron chi connectivity index (χ0n) is 8.44. The molecule has 0 saturated heterocycles. The molecule has 0 aromatic heterocycles. The van der Waals surface area contributed by atoms with Crippen molar-refractivity contribution in [3.63, 3.8) is 0 Å². The van der Waals surface area contributed by atoms with Gasteiger partial charge in [-0.3, -0.25) is 4.79 Å². The second-order valence-electron chi connectivity index (χ2n) is 3.00. The molecule has 0 spiro atoms. The molecule has 0 atom stereocenters. The molecule has 0 aromatic rings. The summed E-state index contributed by atoms with van der Waals surface area (Å²) in [6.45, 7) is 6.69. The predicted molar refractivity (Wildman–Crippen MR) is 55.5 cm³/mol. The van der Waals surface area contributed by atoms with E-state index in [9.17, 15) is 4.79 Å². The van der Waals surface area contributed by atoms with Crippen LogP contribution in [0.4, 0.5) is 0 Å². The number of hydrogen-bond donors (Lipinski definition) is 1. The molecule has 0 radical (unpaired) electrons. The second kappa shape index (κ2) is 5.46. The number of carbonyl (C=O) groups excluding carboxylic acids is 1. The van der Waals surface area contributed by atoms with Crippen LogP contribution in [0, 0.1) is 0 Å². The van der Waals surface area contributed by atoms with E-state index in [-0.39, 0.29) is 10.7 Å². The first-order valence-electron chi connectivity index (χ1n) is 4.39. The minimum atomic E-state index is 0.0651. The number of amides is 1. The van der Waals surface area contributed by atoms with Crippen LogP contribution in [0.5, 0.6) is 0 Å². The Labute approximate surface area is 79.5 Å². The molecule has 0 unspecified atom stereocenters. The largest absolute Gasteiger partial charge is 0.355 e. The summed E-state index contributed by atoms with van der Waals surface area (Å²) in [6.07, 6.45) is 4.31. The SMILES string of the molecule is CCC(CC)(CNC(C)=O)SC.